The molecule has 0 bridgehead atoms. The van der Waals surface area contributed by atoms with Crippen LogP contribution < -0.4 is 0 Å². The minimum atomic E-state index is 0.0379. The van der Waals surface area contributed by atoms with Gasteiger partial charge in [0.1, 0.15) is 5.69 Å². The van der Waals surface area contributed by atoms with Crippen LogP contribution in [0.4, 0.5) is 0 Å². The zero-order chi connectivity index (χ0) is 15.5. The third-order valence-corrected chi connectivity index (χ3v) is 4.45. The predicted octanol–water partition coefficient (Wildman–Crippen LogP) is 2.04. The Kier molecular flexibility index (Phi) is 4.24. The Hall–Kier alpha value is -2.14. The van der Waals surface area contributed by atoms with Gasteiger partial charge in [-0.25, -0.2) is 4.98 Å². The van der Waals surface area contributed by atoms with Crippen molar-refractivity contribution in [2.45, 2.75) is 18.9 Å². The smallest absolute Gasteiger partial charge is 0.272 e. The third-order valence-electron chi connectivity index (χ3n) is 4.45. The zero-order valence-corrected chi connectivity index (χ0v) is 13.1. The molecule has 5 heteroatoms. The summed E-state index contributed by atoms with van der Waals surface area (Å²) in [4.78, 5) is 21.2. The Bertz CT molecular complexity index is 629. The van der Waals surface area contributed by atoms with Gasteiger partial charge in [0, 0.05) is 18.8 Å². The molecule has 3 rings (SSSR count). The molecule has 1 amide bonds. The second-order valence-electron chi connectivity index (χ2n) is 5.93. The van der Waals surface area contributed by atoms with Crippen molar-refractivity contribution in [2.24, 2.45) is 0 Å². The summed E-state index contributed by atoms with van der Waals surface area (Å²) in [6.07, 6.45) is 5.41. The molecule has 0 saturated carbocycles. The van der Waals surface area contributed by atoms with Gasteiger partial charge < -0.3 is 9.80 Å². The summed E-state index contributed by atoms with van der Waals surface area (Å²) in [6.45, 7) is 2.08. The summed E-state index contributed by atoms with van der Waals surface area (Å²) < 4.78 is 1.85. The molecule has 1 aromatic carbocycles. The molecule has 1 saturated heterocycles. The number of rotatable bonds is 3. The van der Waals surface area contributed by atoms with Crippen LogP contribution in [0.5, 0.6) is 0 Å². The number of para-hydroxylation sites is 1. The number of hydrogen-bond acceptors (Lipinski definition) is 3. The molecule has 2 heterocycles. The van der Waals surface area contributed by atoms with Crippen molar-refractivity contribution in [3.05, 3.63) is 48.5 Å². The molecule has 5 nitrogen and oxygen atoms in total. The molecule has 0 atom stereocenters. The zero-order valence-electron chi connectivity index (χ0n) is 13.1. The van der Waals surface area contributed by atoms with Gasteiger partial charge in [-0.3, -0.25) is 9.36 Å². The van der Waals surface area contributed by atoms with Gasteiger partial charge >= 0.3 is 0 Å². The Balaban J connectivity index is 1.80. The fourth-order valence-electron chi connectivity index (χ4n) is 2.98. The van der Waals surface area contributed by atoms with Gasteiger partial charge in [-0.1, -0.05) is 18.2 Å². The quantitative estimate of drug-likeness (QED) is 0.871. The summed E-state index contributed by atoms with van der Waals surface area (Å²) >= 11 is 0. The number of piperidine rings is 1. The van der Waals surface area contributed by atoms with Gasteiger partial charge in [-0.2, -0.15) is 0 Å². The van der Waals surface area contributed by atoms with Crippen molar-refractivity contribution in [1.29, 1.82) is 0 Å². The summed E-state index contributed by atoms with van der Waals surface area (Å²) in [5, 5.41) is 0. The molecule has 0 unspecified atom stereocenters. The predicted molar refractivity (Wildman–Crippen MR) is 86.2 cm³/mol. The monoisotopic (exact) mass is 298 g/mol. The molecule has 116 valence electrons. The van der Waals surface area contributed by atoms with E-state index in [0.29, 0.717) is 11.7 Å². The second-order valence-corrected chi connectivity index (χ2v) is 5.93. The van der Waals surface area contributed by atoms with Gasteiger partial charge in [-0.15, -0.1) is 0 Å². The minimum absolute atomic E-state index is 0.0379. The molecular formula is C17H22N4O. The number of imidazole rings is 1. The Morgan fingerprint density at radius 2 is 1.91 bits per heavy atom. The molecule has 2 aromatic rings. The van der Waals surface area contributed by atoms with Crippen LogP contribution in [0.25, 0.3) is 5.69 Å². The SMILES string of the molecule is CN1CCC(N(C)C(=O)c2cncn2-c2ccccc2)CC1. The molecule has 1 aromatic heterocycles. The van der Waals surface area contributed by atoms with E-state index in [4.69, 9.17) is 0 Å². The lowest BCUT2D eigenvalue weighted by Crippen LogP contribution is -2.44. The Labute approximate surface area is 131 Å². The first-order chi connectivity index (χ1) is 10.7. The molecule has 0 N–H and O–H groups in total. The molecular weight excluding hydrogens is 276 g/mol. The number of benzene rings is 1. The maximum absolute atomic E-state index is 12.8. The number of amides is 1. The lowest BCUT2D eigenvalue weighted by molar-refractivity contribution is 0.0651. The third kappa shape index (κ3) is 2.90. The maximum Gasteiger partial charge on any atom is 0.272 e. The van der Waals surface area contributed by atoms with E-state index in [-0.39, 0.29) is 5.91 Å². The van der Waals surface area contributed by atoms with Gasteiger partial charge in [0.25, 0.3) is 5.91 Å². The van der Waals surface area contributed by atoms with E-state index < -0.39 is 0 Å². The van der Waals surface area contributed by atoms with Crippen molar-refractivity contribution in [2.75, 3.05) is 27.2 Å². The van der Waals surface area contributed by atoms with Crippen LogP contribution in [0.1, 0.15) is 23.3 Å². The summed E-state index contributed by atoms with van der Waals surface area (Å²) in [5.74, 6) is 0.0379. The van der Waals surface area contributed by atoms with Gasteiger partial charge in [0.15, 0.2) is 0 Å². The van der Waals surface area contributed by atoms with Crippen molar-refractivity contribution in [3.63, 3.8) is 0 Å². The highest BCUT2D eigenvalue weighted by atomic mass is 16.2. The molecule has 0 radical (unpaired) electrons. The van der Waals surface area contributed by atoms with E-state index in [1.807, 2.05) is 46.8 Å². The summed E-state index contributed by atoms with van der Waals surface area (Å²) in [6, 6.07) is 10.2. The van der Waals surface area contributed by atoms with Crippen LogP contribution >= 0.6 is 0 Å². The van der Waals surface area contributed by atoms with Crippen molar-refractivity contribution in [3.8, 4) is 5.69 Å². The van der Waals surface area contributed by atoms with Gasteiger partial charge in [-0.05, 0) is 45.1 Å². The van der Waals surface area contributed by atoms with Crippen LogP contribution in [0.3, 0.4) is 0 Å². The highest BCUT2D eigenvalue weighted by Gasteiger charge is 2.26. The Morgan fingerprint density at radius 3 is 2.59 bits per heavy atom. The van der Waals surface area contributed by atoms with Crippen LogP contribution in [-0.2, 0) is 0 Å². The number of carbonyl (C=O) groups excluding carboxylic acids is 1. The maximum atomic E-state index is 12.8. The number of nitrogens with zero attached hydrogens (tertiary/aromatic N) is 4. The Morgan fingerprint density at radius 1 is 1.23 bits per heavy atom. The van der Waals surface area contributed by atoms with Crippen molar-refractivity contribution >= 4 is 5.91 Å². The van der Waals surface area contributed by atoms with Crippen LogP contribution in [0.2, 0.25) is 0 Å². The highest BCUT2D eigenvalue weighted by Crippen LogP contribution is 2.18. The highest BCUT2D eigenvalue weighted by molar-refractivity contribution is 5.93. The van der Waals surface area contributed by atoms with E-state index in [1.54, 1.807) is 12.5 Å². The molecule has 0 spiro atoms. The van der Waals surface area contributed by atoms with E-state index in [1.165, 1.54) is 0 Å². The number of aromatic nitrogens is 2. The lowest BCUT2D eigenvalue weighted by atomic mass is 10.0. The largest absolute Gasteiger partial charge is 0.337 e. The van der Waals surface area contributed by atoms with Crippen LogP contribution in [0.15, 0.2) is 42.9 Å². The average Bonchev–Trinajstić information content (AvgIpc) is 3.04. The topological polar surface area (TPSA) is 41.4 Å². The van der Waals surface area contributed by atoms with E-state index in [9.17, 15) is 4.79 Å². The van der Waals surface area contributed by atoms with Gasteiger partial charge in [0.2, 0.25) is 0 Å². The first-order valence-electron chi connectivity index (χ1n) is 7.70. The number of hydrogen-bond donors (Lipinski definition) is 0. The molecule has 1 aliphatic rings. The van der Waals surface area contributed by atoms with Crippen LogP contribution in [0, 0.1) is 0 Å². The lowest BCUT2D eigenvalue weighted by Gasteiger charge is -2.35. The first-order valence-corrected chi connectivity index (χ1v) is 7.70. The minimum Gasteiger partial charge on any atom is -0.337 e. The van der Waals surface area contributed by atoms with E-state index >= 15 is 0 Å². The fraction of sp³-hybridized carbons (Fsp3) is 0.412. The average molecular weight is 298 g/mol. The molecule has 1 fully saturated rings. The number of carbonyl (C=O) groups is 1. The normalized spacial score (nSPS) is 16.6. The summed E-state index contributed by atoms with van der Waals surface area (Å²) in [7, 11) is 4.03. The second kappa shape index (κ2) is 6.32. The van der Waals surface area contributed by atoms with Crippen molar-refractivity contribution in [1.82, 2.24) is 19.4 Å². The molecule has 0 aliphatic carbocycles. The van der Waals surface area contributed by atoms with E-state index in [0.717, 1.165) is 31.6 Å². The van der Waals surface area contributed by atoms with Crippen molar-refractivity contribution < 1.29 is 4.79 Å². The summed E-state index contributed by atoms with van der Waals surface area (Å²) in [5.41, 5.74) is 1.58. The van der Waals surface area contributed by atoms with E-state index in [2.05, 4.69) is 16.9 Å². The van der Waals surface area contributed by atoms with Gasteiger partial charge in [0.05, 0.1) is 12.5 Å². The standard InChI is InChI=1S/C17H22N4O/c1-19-10-8-14(9-11-19)20(2)17(22)16-12-18-13-21(16)15-6-4-3-5-7-15/h3-7,12-14H,8-11H2,1-2H3. The first kappa shape index (κ1) is 14.8. The fourth-order valence-corrected chi connectivity index (χ4v) is 2.98. The molecule has 22 heavy (non-hydrogen) atoms. The number of likely N-dealkylation sites (tertiary alicyclic amines) is 1. The van der Waals surface area contributed by atoms with Crippen LogP contribution in [-0.4, -0.2) is 58.5 Å². The molecule has 1 aliphatic heterocycles.